The number of fused-ring (bicyclic) bond motifs is 2. The van der Waals surface area contributed by atoms with Crippen molar-refractivity contribution in [3.05, 3.63) is 69.8 Å². The zero-order valence-electron chi connectivity index (χ0n) is 8.98. The summed E-state index contributed by atoms with van der Waals surface area (Å²) in [6.45, 7) is 0. The van der Waals surface area contributed by atoms with Gasteiger partial charge in [-0.25, -0.2) is 0 Å². The van der Waals surface area contributed by atoms with Crippen LogP contribution in [0.1, 0.15) is 0 Å². The minimum absolute atomic E-state index is 0.0306. The first-order valence-electron chi connectivity index (χ1n) is 5.38. The number of rotatable bonds is 0. The molecule has 0 heterocycles. The van der Waals surface area contributed by atoms with E-state index in [4.69, 9.17) is 11.6 Å². The monoisotopic (exact) mass is 240 g/mol. The average molecular weight is 241 g/mol. The first kappa shape index (κ1) is 10.3. The molecule has 0 fully saturated rings. The molecule has 0 spiro atoms. The van der Waals surface area contributed by atoms with Crippen LogP contribution in [0, 0.1) is 0 Å². The molecule has 82 valence electrons. The minimum Gasteiger partial charge on any atom is -0.289 e. The summed E-state index contributed by atoms with van der Waals surface area (Å²) >= 11 is 6.25. The Hall–Kier alpha value is -1.86. The van der Waals surface area contributed by atoms with Crippen molar-refractivity contribution < 1.29 is 0 Å². The van der Waals surface area contributed by atoms with Crippen LogP contribution in [-0.4, -0.2) is 0 Å². The Morgan fingerprint density at radius 1 is 0.765 bits per heavy atom. The highest BCUT2D eigenvalue weighted by Gasteiger charge is 2.04. The van der Waals surface area contributed by atoms with E-state index in [0.29, 0.717) is 15.8 Å². The van der Waals surface area contributed by atoms with Gasteiger partial charge in [-0.15, -0.1) is 0 Å². The van der Waals surface area contributed by atoms with Crippen LogP contribution in [-0.2, 0) is 0 Å². The summed E-state index contributed by atoms with van der Waals surface area (Å²) < 4.78 is 0. The summed E-state index contributed by atoms with van der Waals surface area (Å²) in [7, 11) is 0. The Balaban J connectivity index is 2.73. The van der Waals surface area contributed by atoms with E-state index < -0.39 is 0 Å². The SMILES string of the molecule is O=c1c2ccccc2cc(Cl)c2ccccc12. The molecule has 0 aliphatic heterocycles. The van der Waals surface area contributed by atoms with E-state index in [0.717, 1.165) is 10.8 Å². The average Bonchev–Trinajstić information content (AvgIpc) is 2.48. The Labute approximate surface area is 103 Å². The summed E-state index contributed by atoms with van der Waals surface area (Å²) in [6, 6.07) is 16.8. The lowest BCUT2D eigenvalue weighted by molar-refractivity contribution is 1.75. The van der Waals surface area contributed by atoms with Gasteiger partial charge in [0.2, 0.25) is 0 Å². The van der Waals surface area contributed by atoms with Gasteiger partial charge in [0.15, 0.2) is 5.43 Å². The van der Waals surface area contributed by atoms with Gasteiger partial charge in [0, 0.05) is 21.2 Å². The first-order chi connectivity index (χ1) is 8.27. The van der Waals surface area contributed by atoms with Crippen LogP contribution in [0.15, 0.2) is 59.4 Å². The van der Waals surface area contributed by atoms with Gasteiger partial charge >= 0.3 is 0 Å². The Morgan fingerprint density at radius 3 is 2.12 bits per heavy atom. The second-order valence-corrected chi connectivity index (χ2v) is 4.36. The maximum absolute atomic E-state index is 12.4. The Morgan fingerprint density at radius 2 is 1.35 bits per heavy atom. The molecule has 0 saturated heterocycles. The lowest BCUT2D eigenvalue weighted by Gasteiger charge is -1.91. The van der Waals surface area contributed by atoms with Crippen molar-refractivity contribution in [2.75, 3.05) is 0 Å². The standard InChI is InChI=1S/C15H9ClO/c16-14-9-10-5-1-2-6-11(10)15(17)13-8-4-3-7-12(13)14/h1-9H. The predicted octanol–water partition coefficient (Wildman–Crippen LogP) is 4.01. The molecule has 0 aliphatic carbocycles. The second-order valence-electron chi connectivity index (χ2n) is 3.95. The van der Waals surface area contributed by atoms with Gasteiger partial charge in [0.05, 0.1) is 0 Å². The molecule has 0 amide bonds. The molecule has 0 N–H and O–H groups in total. The quantitative estimate of drug-likeness (QED) is 0.580. The summed E-state index contributed by atoms with van der Waals surface area (Å²) in [5.41, 5.74) is 0.0306. The van der Waals surface area contributed by atoms with E-state index in [1.54, 1.807) is 0 Å². The van der Waals surface area contributed by atoms with Gasteiger partial charge < -0.3 is 0 Å². The zero-order valence-corrected chi connectivity index (χ0v) is 9.74. The van der Waals surface area contributed by atoms with Gasteiger partial charge in [-0.1, -0.05) is 60.1 Å². The molecule has 0 aliphatic rings. The molecule has 0 saturated carbocycles. The van der Waals surface area contributed by atoms with Crippen molar-refractivity contribution >= 4 is 33.1 Å². The lowest BCUT2D eigenvalue weighted by atomic mass is 10.1. The van der Waals surface area contributed by atoms with Crippen LogP contribution >= 0.6 is 11.6 Å². The van der Waals surface area contributed by atoms with E-state index in [1.165, 1.54) is 0 Å². The fourth-order valence-electron chi connectivity index (χ4n) is 2.08. The normalized spacial score (nSPS) is 10.9. The highest BCUT2D eigenvalue weighted by Crippen LogP contribution is 2.23. The summed E-state index contributed by atoms with van der Waals surface area (Å²) in [6.07, 6.45) is 0. The topological polar surface area (TPSA) is 17.1 Å². The molecule has 0 radical (unpaired) electrons. The molecule has 0 aromatic heterocycles. The second kappa shape index (κ2) is 3.86. The van der Waals surface area contributed by atoms with Crippen molar-refractivity contribution in [1.29, 1.82) is 0 Å². The molecule has 2 heteroatoms. The van der Waals surface area contributed by atoms with Crippen molar-refractivity contribution in [2.45, 2.75) is 0 Å². The van der Waals surface area contributed by atoms with E-state index in [-0.39, 0.29) is 5.43 Å². The molecule has 0 atom stereocenters. The first-order valence-corrected chi connectivity index (χ1v) is 5.75. The molecule has 0 unspecified atom stereocenters. The van der Waals surface area contributed by atoms with Crippen molar-refractivity contribution in [1.82, 2.24) is 0 Å². The molecule has 17 heavy (non-hydrogen) atoms. The third kappa shape index (κ3) is 1.60. The molecule has 0 bridgehead atoms. The van der Waals surface area contributed by atoms with Crippen LogP contribution in [0.4, 0.5) is 0 Å². The van der Waals surface area contributed by atoms with E-state index in [9.17, 15) is 4.79 Å². The van der Waals surface area contributed by atoms with Crippen LogP contribution in [0.3, 0.4) is 0 Å². The summed E-state index contributed by atoms with van der Waals surface area (Å²) in [5.74, 6) is 0. The van der Waals surface area contributed by atoms with E-state index in [1.807, 2.05) is 54.6 Å². The Bertz CT molecular complexity index is 778. The van der Waals surface area contributed by atoms with Crippen LogP contribution in [0.25, 0.3) is 21.5 Å². The van der Waals surface area contributed by atoms with Crippen LogP contribution in [0.2, 0.25) is 5.02 Å². The van der Waals surface area contributed by atoms with Crippen molar-refractivity contribution in [2.24, 2.45) is 0 Å². The molecular formula is C15H9ClO. The van der Waals surface area contributed by atoms with Gasteiger partial charge in [0.25, 0.3) is 0 Å². The molecule has 1 nitrogen and oxygen atoms in total. The van der Waals surface area contributed by atoms with Crippen LogP contribution < -0.4 is 5.43 Å². The van der Waals surface area contributed by atoms with Gasteiger partial charge in [-0.3, -0.25) is 4.79 Å². The number of hydrogen-bond acceptors (Lipinski definition) is 1. The summed E-state index contributed by atoms with van der Waals surface area (Å²) in [4.78, 5) is 12.4. The smallest absolute Gasteiger partial charge is 0.194 e. The number of halogens is 1. The highest BCUT2D eigenvalue weighted by molar-refractivity contribution is 6.36. The maximum Gasteiger partial charge on any atom is 0.194 e. The lowest BCUT2D eigenvalue weighted by Crippen LogP contribution is -1.97. The van der Waals surface area contributed by atoms with Crippen LogP contribution in [0.5, 0.6) is 0 Å². The molecule has 3 rings (SSSR count). The predicted molar refractivity (Wildman–Crippen MR) is 72.7 cm³/mol. The largest absolute Gasteiger partial charge is 0.289 e. The fraction of sp³-hybridized carbons (Fsp3) is 0. The Kier molecular flexibility index (Phi) is 2.34. The number of hydrogen-bond donors (Lipinski definition) is 0. The molecule has 3 aromatic carbocycles. The third-order valence-corrected chi connectivity index (χ3v) is 3.23. The van der Waals surface area contributed by atoms with Crippen molar-refractivity contribution in [3.8, 4) is 0 Å². The third-order valence-electron chi connectivity index (χ3n) is 2.92. The fourth-order valence-corrected chi connectivity index (χ4v) is 2.36. The van der Waals surface area contributed by atoms with Crippen molar-refractivity contribution in [3.63, 3.8) is 0 Å². The van der Waals surface area contributed by atoms with Gasteiger partial charge in [-0.2, -0.15) is 0 Å². The highest BCUT2D eigenvalue weighted by atomic mass is 35.5. The van der Waals surface area contributed by atoms with Gasteiger partial charge in [0.1, 0.15) is 0 Å². The zero-order chi connectivity index (χ0) is 11.8. The maximum atomic E-state index is 12.4. The molecular weight excluding hydrogens is 232 g/mol. The van der Waals surface area contributed by atoms with Gasteiger partial charge in [-0.05, 0) is 11.5 Å². The van der Waals surface area contributed by atoms with E-state index in [2.05, 4.69) is 0 Å². The minimum atomic E-state index is 0.0306. The summed E-state index contributed by atoms with van der Waals surface area (Å²) in [5, 5.41) is 3.65. The molecule has 3 aromatic rings. The number of benzene rings is 2. The van der Waals surface area contributed by atoms with E-state index >= 15 is 0 Å².